The normalized spacial score (nSPS) is 32.4. The number of piperidine rings is 1. The summed E-state index contributed by atoms with van der Waals surface area (Å²) in [5, 5.41) is 9.17. The van der Waals surface area contributed by atoms with Crippen molar-refractivity contribution in [3.05, 3.63) is 35.9 Å². The van der Waals surface area contributed by atoms with Crippen LogP contribution < -0.4 is 0 Å². The number of hydrogen-bond acceptors (Lipinski definition) is 2. The molecule has 0 aromatic heterocycles. The number of carbonyl (C=O) groups is 1. The number of hydrogen-bond donors (Lipinski definition) is 1. The Labute approximate surface area is 94.7 Å². The van der Waals surface area contributed by atoms with Gasteiger partial charge < -0.3 is 5.11 Å². The van der Waals surface area contributed by atoms with E-state index < -0.39 is 11.4 Å². The molecule has 1 aliphatic heterocycles. The van der Waals surface area contributed by atoms with Crippen LogP contribution in [0, 0.1) is 11.3 Å². The van der Waals surface area contributed by atoms with Gasteiger partial charge in [0.25, 0.3) is 0 Å². The molecule has 2 fully saturated rings. The van der Waals surface area contributed by atoms with Gasteiger partial charge in [-0.15, -0.1) is 0 Å². The predicted octanol–water partition coefficient (Wildman–Crippen LogP) is 1.59. The number of carboxylic acid groups (broad SMARTS) is 1. The van der Waals surface area contributed by atoms with Gasteiger partial charge in [0.1, 0.15) is 0 Å². The van der Waals surface area contributed by atoms with Crippen LogP contribution in [-0.4, -0.2) is 29.1 Å². The summed E-state index contributed by atoms with van der Waals surface area (Å²) < 4.78 is 0. The van der Waals surface area contributed by atoms with E-state index in [1.165, 1.54) is 5.56 Å². The minimum atomic E-state index is -0.604. The molecule has 84 valence electrons. The van der Waals surface area contributed by atoms with Crippen LogP contribution in [0.15, 0.2) is 30.3 Å². The molecule has 1 aromatic rings. The summed E-state index contributed by atoms with van der Waals surface area (Å²) >= 11 is 0. The molecular weight excluding hydrogens is 202 g/mol. The fourth-order valence-electron chi connectivity index (χ4n) is 2.88. The molecule has 3 rings (SSSR count). The van der Waals surface area contributed by atoms with E-state index in [0.29, 0.717) is 5.92 Å². The SMILES string of the molecule is O=C(O)[C@@]12C[C@@H]1CN(Cc1ccccc1)C2. The molecule has 0 radical (unpaired) electrons. The van der Waals surface area contributed by atoms with Crippen LogP contribution in [0.3, 0.4) is 0 Å². The molecule has 1 aliphatic carbocycles. The van der Waals surface area contributed by atoms with Gasteiger partial charge in [0, 0.05) is 19.6 Å². The number of fused-ring (bicyclic) bond motifs is 1. The first-order valence-electron chi connectivity index (χ1n) is 5.70. The average molecular weight is 217 g/mol. The Bertz CT molecular complexity index is 417. The highest BCUT2D eigenvalue weighted by Crippen LogP contribution is 2.58. The summed E-state index contributed by atoms with van der Waals surface area (Å²) in [5.41, 5.74) is 0.874. The van der Waals surface area contributed by atoms with E-state index >= 15 is 0 Å². The lowest BCUT2D eigenvalue weighted by molar-refractivity contribution is -0.143. The molecule has 2 atom stereocenters. The van der Waals surface area contributed by atoms with Crippen molar-refractivity contribution in [3.63, 3.8) is 0 Å². The van der Waals surface area contributed by atoms with Crippen molar-refractivity contribution < 1.29 is 9.90 Å². The summed E-state index contributed by atoms with van der Waals surface area (Å²) in [6, 6.07) is 10.2. The van der Waals surface area contributed by atoms with E-state index in [1.807, 2.05) is 18.2 Å². The van der Waals surface area contributed by atoms with Crippen LogP contribution in [0.5, 0.6) is 0 Å². The van der Waals surface area contributed by atoms with Crippen molar-refractivity contribution in [1.82, 2.24) is 4.90 Å². The molecule has 0 bridgehead atoms. The number of nitrogens with zero attached hydrogens (tertiary/aromatic N) is 1. The Balaban J connectivity index is 1.66. The smallest absolute Gasteiger partial charge is 0.311 e. The monoisotopic (exact) mass is 217 g/mol. The second-order valence-corrected chi connectivity index (χ2v) is 5.02. The van der Waals surface area contributed by atoms with E-state index in [0.717, 1.165) is 26.1 Å². The quantitative estimate of drug-likeness (QED) is 0.836. The third kappa shape index (κ3) is 1.43. The van der Waals surface area contributed by atoms with Crippen molar-refractivity contribution in [2.24, 2.45) is 11.3 Å². The van der Waals surface area contributed by atoms with Gasteiger partial charge in [-0.2, -0.15) is 0 Å². The molecule has 0 unspecified atom stereocenters. The molecule has 3 heteroatoms. The van der Waals surface area contributed by atoms with E-state index in [1.54, 1.807) is 0 Å². The third-order valence-electron chi connectivity index (χ3n) is 3.89. The van der Waals surface area contributed by atoms with Crippen molar-refractivity contribution in [3.8, 4) is 0 Å². The van der Waals surface area contributed by atoms with E-state index in [4.69, 9.17) is 0 Å². The average Bonchev–Trinajstić information content (AvgIpc) is 2.84. The number of carboxylic acids is 1. The number of likely N-dealkylation sites (tertiary alicyclic amines) is 1. The summed E-state index contributed by atoms with van der Waals surface area (Å²) in [6.45, 7) is 2.55. The van der Waals surface area contributed by atoms with Crippen LogP contribution >= 0.6 is 0 Å². The second-order valence-electron chi connectivity index (χ2n) is 5.02. The fraction of sp³-hybridized carbons (Fsp3) is 0.462. The highest BCUT2D eigenvalue weighted by molar-refractivity contribution is 5.79. The first-order chi connectivity index (χ1) is 7.71. The number of rotatable bonds is 3. The Morgan fingerprint density at radius 2 is 2.19 bits per heavy atom. The van der Waals surface area contributed by atoms with Crippen molar-refractivity contribution >= 4 is 5.97 Å². The zero-order chi connectivity index (χ0) is 11.2. The summed E-state index contributed by atoms with van der Waals surface area (Å²) in [6.07, 6.45) is 0.883. The van der Waals surface area contributed by atoms with Crippen LogP contribution in [0.2, 0.25) is 0 Å². The summed E-state index contributed by atoms with van der Waals surface area (Å²) in [5.74, 6) is -0.207. The standard InChI is InChI=1S/C13H15NO2/c15-12(16)13-6-11(13)8-14(9-13)7-10-4-2-1-3-5-10/h1-5,11H,6-9H2,(H,15,16)/t11-,13-/m1/s1. The first kappa shape index (κ1) is 9.85. The van der Waals surface area contributed by atoms with Crippen molar-refractivity contribution in [1.29, 1.82) is 0 Å². The van der Waals surface area contributed by atoms with Crippen LogP contribution in [0.4, 0.5) is 0 Å². The minimum Gasteiger partial charge on any atom is -0.481 e. The van der Waals surface area contributed by atoms with Gasteiger partial charge in [-0.25, -0.2) is 0 Å². The maximum Gasteiger partial charge on any atom is 0.311 e. The van der Waals surface area contributed by atoms with E-state index in [9.17, 15) is 9.90 Å². The molecule has 0 spiro atoms. The number of benzene rings is 1. The summed E-state index contributed by atoms with van der Waals surface area (Å²) in [7, 11) is 0. The first-order valence-corrected chi connectivity index (χ1v) is 5.70. The molecule has 0 amide bonds. The van der Waals surface area contributed by atoms with Crippen molar-refractivity contribution in [2.45, 2.75) is 13.0 Å². The van der Waals surface area contributed by atoms with Gasteiger partial charge in [-0.1, -0.05) is 30.3 Å². The lowest BCUT2D eigenvalue weighted by Gasteiger charge is -2.18. The molecule has 1 saturated carbocycles. The molecule has 16 heavy (non-hydrogen) atoms. The van der Waals surface area contributed by atoms with Gasteiger partial charge in [0.05, 0.1) is 5.41 Å². The highest BCUT2D eigenvalue weighted by atomic mass is 16.4. The topological polar surface area (TPSA) is 40.5 Å². The van der Waals surface area contributed by atoms with Crippen LogP contribution in [-0.2, 0) is 11.3 Å². The Morgan fingerprint density at radius 1 is 1.44 bits per heavy atom. The number of aliphatic carboxylic acids is 1. The van der Waals surface area contributed by atoms with Gasteiger partial charge in [0.2, 0.25) is 0 Å². The molecule has 1 aromatic carbocycles. The molecule has 3 nitrogen and oxygen atoms in total. The fourth-order valence-corrected chi connectivity index (χ4v) is 2.88. The second kappa shape index (κ2) is 3.32. The molecule has 2 aliphatic rings. The lowest BCUT2D eigenvalue weighted by atomic mass is 10.1. The van der Waals surface area contributed by atoms with Crippen LogP contribution in [0.1, 0.15) is 12.0 Å². The van der Waals surface area contributed by atoms with Gasteiger partial charge >= 0.3 is 5.97 Å². The lowest BCUT2D eigenvalue weighted by Crippen LogP contribution is -2.28. The van der Waals surface area contributed by atoms with E-state index in [2.05, 4.69) is 17.0 Å². The zero-order valence-electron chi connectivity index (χ0n) is 9.10. The van der Waals surface area contributed by atoms with E-state index in [-0.39, 0.29) is 0 Å². The van der Waals surface area contributed by atoms with Crippen molar-refractivity contribution in [2.75, 3.05) is 13.1 Å². The maximum atomic E-state index is 11.1. The van der Waals surface area contributed by atoms with Gasteiger partial charge in [-0.3, -0.25) is 9.69 Å². The molecular formula is C13H15NO2. The van der Waals surface area contributed by atoms with Crippen LogP contribution in [0.25, 0.3) is 0 Å². The molecule has 1 saturated heterocycles. The zero-order valence-corrected chi connectivity index (χ0v) is 9.10. The third-order valence-corrected chi connectivity index (χ3v) is 3.89. The molecule has 1 heterocycles. The van der Waals surface area contributed by atoms with Gasteiger partial charge in [0.15, 0.2) is 0 Å². The summed E-state index contributed by atoms with van der Waals surface area (Å²) in [4.78, 5) is 13.4. The Kier molecular flexibility index (Phi) is 2.04. The highest BCUT2D eigenvalue weighted by Gasteiger charge is 2.65. The minimum absolute atomic E-state index is 0.394. The Hall–Kier alpha value is -1.35. The maximum absolute atomic E-state index is 11.1. The van der Waals surface area contributed by atoms with Gasteiger partial charge in [-0.05, 0) is 17.9 Å². The largest absolute Gasteiger partial charge is 0.481 e. The molecule has 1 N–H and O–H groups in total. The Morgan fingerprint density at radius 3 is 2.81 bits per heavy atom. The predicted molar refractivity (Wildman–Crippen MR) is 59.9 cm³/mol.